The molecular weight excluding hydrogens is 419 g/mol. The molecule has 1 aliphatic carbocycles. The molecular formula is C24H22F3N3O2. The molecule has 2 heterocycles. The summed E-state index contributed by atoms with van der Waals surface area (Å²) in [6, 6.07) is 13.0. The van der Waals surface area contributed by atoms with Crippen molar-refractivity contribution in [3.63, 3.8) is 0 Å². The van der Waals surface area contributed by atoms with Crippen LogP contribution >= 0.6 is 0 Å². The Morgan fingerprint density at radius 1 is 1.03 bits per heavy atom. The van der Waals surface area contributed by atoms with Gasteiger partial charge in [0.2, 0.25) is 0 Å². The van der Waals surface area contributed by atoms with E-state index < -0.39 is 23.4 Å². The fourth-order valence-electron chi connectivity index (χ4n) is 4.67. The second-order valence-corrected chi connectivity index (χ2v) is 8.33. The number of nitrogens with zero attached hydrogens (tertiary/aromatic N) is 3. The first-order valence-electron chi connectivity index (χ1n) is 10.7. The van der Waals surface area contributed by atoms with Crippen LogP contribution in [0.5, 0.6) is 0 Å². The second-order valence-electron chi connectivity index (χ2n) is 8.33. The lowest BCUT2D eigenvalue weighted by Crippen LogP contribution is -2.29. The minimum absolute atomic E-state index is 0.284. The number of anilines is 1. The van der Waals surface area contributed by atoms with Crippen LogP contribution in [0.15, 0.2) is 53.3 Å². The van der Waals surface area contributed by atoms with Gasteiger partial charge in [0.15, 0.2) is 0 Å². The van der Waals surface area contributed by atoms with Gasteiger partial charge in [0.05, 0.1) is 23.0 Å². The van der Waals surface area contributed by atoms with Crippen molar-refractivity contribution in [3.05, 3.63) is 75.6 Å². The van der Waals surface area contributed by atoms with Crippen LogP contribution in [0.1, 0.15) is 29.5 Å². The fraction of sp³-hybridized carbons (Fsp3) is 0.333. The molecule has 2 aliphatic rings. The van der Waals surface area contributed by atoms with Gasteiger partial charge in [-0.25, -0.2) is 0 Å². The van der Waals surface area contributed by atoms with Crippen molar-refractivity contribution in [2.45, 2.75) is 38.0 Å². The van der Waals surface area contributed by atoms with Crippen molar-refractivity contribution in [1.82, 2.24) is 9.78 Å². The van der Waals surface area contributed by atoms with E-state index in [0.29, 0.717) is 49.3 Å². The van der Waals surface area contributed by atoms with Crippen LogP contribution in [0.25, 0.3) is 16.9 Å². The average molecular weight is 441 g/mol. The van der Waals surface area contributed by atoms with Crippen LogP contribution in [0.4, 0.5) is 18.9 Å². The topological polar surface area (TPSA) is 58.4 Å². The molecule has 1 aliphatic heterocycles. The molecule has 0 spiro atoms. The number of alkyl halides is 3. The largest absolute Gasteiger partial charge is 0.418 e. The zero-order valence-corrected chi connectivity index (χ0v) is 17.3. The predicted octanol–water partition coefficient (Wildman–Crippen LogP) is 3.98. The molecule has 5 nitrogen and oxygen atoms in total. The fourth-order valence-corrected chi connectivity index (χ4v) is 4.67. The lowest BCUT2D eigenvalue weighted by Gasteiger charge is -2.22. The van der Waals surface area contributed by atoms with Gasteiger partial charge in [-0.3, -0.25) is 4.79 Å². The van der Waals surface area contributed by atoms with Gasteiger partial charge in [0.25, 0.3) is 5.56 Å². The normalized spacial score (nSPS) is 18.2. The summed E-state index contributed by atoms with van der Waals surface area (Å²) in [6.07, 6.45) is -2.65. The number of aromatic nitrogens is 2. The van der Waals surface area contributed by atoms with E-state index in [2.05, 4.69) is 5.10 Å². The van der Waals surface area contributed by atoms with Gasteiger partial charge < -0.3 is 10.0 Å². The molecule has 0 radical (unpaired) electrons. The van der Waals surface area contributed by atoms with Gasteiger partial charge in [0.1, 0.15) is 0 Å². The van der Waals surface area contributed by atoms with Crippen LogP contribution in [0, 0.1) is 0 Å². The number of rotatable bonds is 3. The first-order valence-corrected chi connectivity index (χ1v) is 10.7. The molecule has 166 valence electrons. The molecule has 2 aromatic carbocycles. The predicted molar refractivity (Wildman–Crippen MR) is 115 cm³/mol. The lowest BCUT2D eigenvalue weighted by molar-refractivity contribution is -0.137. The van der Waals surface area contributed by atoms with Crippen molar-refractivity contribution in [1.29, 1.82) is 0 Å². The number of hydrogen-bond donors (Lipinski definition) is 1. The van der Waals surface area contributed by atoms with Gasteiger partial charge in [-0.2, -0.15) is 23.0 Å². The first kappa shape index (κ1) is 20.8. The SMILES string of the molecule is O=c1c2c(c(-c3ccccc3)nn1-c1cc(N3CCC(O)C3)ccc1C(F)(F)F)CCC2. The minimum Gasteiger partial charge on any atom is -0.391 e. The van der Waals surface area contributed by atoms with Crippen LogP contribution < -0.4 is 10.5 Å². The van der Waals surface area contributed by atoms with E-state index in [0.717, 1.165) is 28.3 Å². The second kappa shape index (κ2) is 7.78. The molecule has 0 amide bonds. The maximum absolute atomic E-state index is 13.9. The number of aliphatic hydroxyl groups excluding tert-OH is 1. The summed E-state index contributed by atoms with van der Waals surface area (Å²) in [7, 11) is 0. The molecule has 0 bridgehead atoms. The van der Waals surface area contributed by atoms with Crippen molar-refractivity contribution in [2.75, 3.05) is 18.0 Å². The number of aliphatic hydroxyl groups is 1. The number of halogens is 3. The molecule has 3 aromatic rings. The third-order valence-electron chi connectivity index (χ3n) is 6.24. The molecule has 1 saturated heterocycles. The Hall–Kier alpha value is -3.13. The van der Waals surface area contributed by atoms with Crippen molar-refractivity contribution >= 4 is 5.69 Å². The molecule has 32 heavy (non-hydrogen) atoms. The Labute approximate surface area is 182 Å². The number of fused-ring (bicyclic) bond motifs is 1. The molecule has 1 N–H and O–H groups in total. The van der Waals surface area contributed by atoms with Crippen LogP contribution in [-0.4, -0.2) is 34.1 Å². The summed E-state index contributed by atoms with van der Waals surface area (Å²) in [5.74, 6) is 0. The Kier molecular flexibility index (Phi) is 5.04. The smallest absolute Gasteiger partial charge is 0.391 e. The zero-order valence-electron chi connectivity index (χ0n) is 17.3. The van der Waals surface area contributed by atoms with Crippen molar-refractivity contribution in [2.24, 2.45) is 0 Å². The maximum atomic E-state index is 13.9. The van der Waals surface area contributed by atoms with Gasteiger partial charge >= 0.3 is 6.18 Å². The van der Waals surface area contributed by atoms with Crippen LogP contribution in [0.3, 0.4) is 0 Å². The monoisotopic (exact) mass is 441 g/mol. The summed E-state index contributed by atoms with van der Waals surface area (Å²) in [5.41, 5.74) is 1.51. The number of β-amino-alcohol motifs (C(OH)–C–C–N with tert-alkyl or cyclic N) is 1. The number of hydrogen-bond acceptors (Lipinski definition) is 4. The van der Waals surface area contributed by atoms with E-state index in [-0.39, 0.29) is 5.69 Å². The maximum Gasteiger partial charge on any atom is 0.418 e. The van der Waals surface area contributed by atoms with Gasteiger partial charge in [-0.1, -0.05) is 30.3 Å². The highest BCUT2D eigenvalue weighted by molar-refractivity contribution is 5.66. The number of benzene rings is 2. The Morgan fingerprint density at radius 2 is 1.78 bits per heavy atom. The van der Waals surface area contributed by atoms with E-state index in [9.17, 15) is 23.1 Å². The summed E-state index contributed by atoms with van der Waals surface area (Å²) < 4.78 is 42.7. The Bertz CT molecular complexity index is 1220. The lowest BCUT2D eigenvalue weighted by atomic mass is 10.0. The standard InChI is InChI=1S/C24H22F3N3O2/c25-24(26,27)20-10-9-16(29-12-11-17(31)14-29)13-21(20)30-23(32)19-8-4-7-18(19)22(28-30)15-5-2-1-3-6-15/h1-3,5-6,9-10,13,17,31H,4,7-8,11-12,14H2. The molecule has 1 aromatic heterocycles. The van der Waals surface area contributed by atoms with E-state index in [1.54, 1.807) is 0 Å². The summed E-state index contributed by atoms with van der Waals surface area (Å²) in [5, 5.41) is 14.3. The van der Waals surface area contributed by atoms with E-state index >= 15 is 0 Å². The summed E-state index contributed by atoms with van der Waals surface area (Å²) in [4.78, 5) is 15.1. The molecule has 1 atom stereocenters. The van der Waals surface area contributed by atoms with E-state index in [1.165, 1.54) is 12.1 Å². The highest BCUT2D eigenvalue weighted by Crippen LogP contribution is 2.37. The average Bonchev–Trinajstić information content (AvgIpc) is 3.43. The Balaban J connectivity index is 1.74. The van der Waals surface area contributed by atoms with Crippen molar-refractivity contribution < 1.29 is 18.3 Å². The summed E-state index contributed by atoms with van der Waals surface area (Å²) >= 11 is 0. The van der Waals surface area contributed by atoms with Gasteiger partial charge in [-0.05, 0) is 49.4 Å². The highest BCUT2D eigenvalue weighted by Gasteiger charge is 2.36. The highest BCUT2D eigenvalue weighted by atomic mass is 19.4. The molecule has 5 rings (SSSR count). The van der Waals surface area contributed by atoms with E-state index in [4.69, 9.17) is 0 Å². The van der Waals surface area contributed by atoms with E-state index in [1.807, 2.05) is 35.2 Å². The molecule has 1 fully saturated rings. The third-order valence-corrected chi connectivity index (χ3v) is 6.24. The van der Waals surface area contributed by atoms with Crippen LogP contribution in [-0.2, 0) is 19.0 Å². The molecule has 0 saturated carbocycles. The van der Waals surface area contributed by atoms with Crippen LogP contribution in [0.2, 0.25) is 0 Å². The third kappa shape index (κ3) is 3.58. The minimum atomic E-state index is -4.65. The molecule has 8 heteroatoms. The van der Waals surface area contributed by atoms with Gasteiger partial charge in [0, 0.05) is 29.9 Å². The van der Waals surface area contributed by atoms with Gasteiger partial charge in [-0.15, -0.1) is 0 Å². The first-order chi connectivity index (χ1) is 15.3. The zero-order chi connectivity index (χ0) is 22.5. The van der Waals surface area contributed by atoms with Crippen molar-refractivity contribution in [3.8, 4) is 16.9 Å². The quantitative estimate of drug-likeness (QED) is 0.668. The Morgan fingerprint density at radius 3 is 2.47 bits per heavy atom. The summed E-state index contributed by atoms with van der Waals surface area (Å²) in [6.45, 7) is 0.875. The molecule has 1 unspecified atom stereocenters.